The quantitative estimate of drug-likeness (QED) is 0.140. The van der Waals surface area contributed by atoms with Crippen LogP contribution in [0.4, 0.5) is 0 Å². The molecule has 0 radical (unpaired) electrons. The minimum Gasteiger partial charge on any atom is -0.456 e. The van der Waals surface area contributed by atoms with Gasteiger partial charge in [-0.3, -0.25) is 4.99 Å². The molecule has 0 unspecified atom stereocenters. The number of hydrogen-bond donors (Lipinski definition) is 0. The van der Waals surface area contributed by atoms with Crippen LogP contribution in [0.15, 0.2) is 186 Å². The Morgan fingerprint density at radius 1 is 0.597 bits per heavy atom. The first-order valence-corrected chi connectivity index (χ1v) is 22.6. The summed E-state index contributed by atoms with van der Waals surface area (Å²) in [4.78, 5) is 5.03. The van der Waals surface area contributed by atoms with Crippen molar-refractivity contribution < 1.29 is 4.42 Å². The van der Waals surface area contributed by atoms with Crippen molar-refractivity contribution >= 4 is 114 Å². The van der Waals surface area contributed by atoms with Crippen LogP contribution in [-0.4, -0.2) is 10.8 Å². The van der Waals surface area contributed by atoms with E-state index in [-0.39, 0.29) is 0 Å². The third-order valence-corrected chi connectivity index (χ3v) is 14.5. The predicted octanol–water partition coefficient (Wildman–Crippen LogP) is 16.9. The lowest BCUT2D eigenvalue weighted by Crippen LogP contribution is -1.98. The Labute approximate surface area is 366 Å². The molecule has 0 N–H and O–H groups in total. The Hall–Kier alpha value is -7.31. The summed E-state index contributed by atoms with van der Waals surface area (Å²) < 4.78 is 14.0. The zero-order valence-corrected chi connectivity index (χ0v) is 35.6. The minimum absolute atomic E-state index is 0.547. The highest BCUT2D eigenvalue weighted by Gasteiger charge is 2.18. The standard InChI is InChI=1S/C57H38N2OS2/c1-3-13-48-40(4-2)43-17-5-7-22-49(43)59(48)39-16-9-14-35(30-39)33-58-34-38-15-10-23-51-55(38)47-31-36(27-29-50(47)60-51)41-19-12-25-53-56(41)46-21-11-20-42(57(46)62-53)37-26-28-45-44-18-6-8-24-52(44)61-54(45)32-37/h3-32,34H,2,33H2,1H3/b13-3-,58-34?. The van der Waals surface area contributed by atoms with Crippen LogP contribution in [0.3, 0.4) is 0 Å². The van der Waals surface area contributed by atoms with E-state index >= 15 is 0 Å². The molecule has 0 atom stereocenters. The van der Waals surface area contributed by atoms with Crippen molar-refractivity contribution in [2.45, 2.75) is 13.5 Å². The second-order valence-electron chi connectivity index (χ2n) is 15.8. The van der Waals surface area contributed by atoms with Crippen LogP contribution < -0.4 is 0 Å². The average molecular weight is 831 g/mol. The predicted molar refractivity (Wildman–Crippen MR) is 270 cm³/mol. The molecular weight excluding hydrogens is 793 g/mol. The Morgan fingerprint density at radius 3 is 2.27 bits per heavy atom. The van der Waals surface area contributed by atoms with Crippen LogP contribution in [0.2, 0.25) is 0 Å². The van der Waals surface area contributed by atoms with Gasteiger partial charge in [0.15, 0.2) is 0 Å². The largest absolute Gasteiger partial charge is 0.456 e. The van der Waals surface area contributed by atoms with Gasteiger partial charge in [0.1, 0.15) is 11.2 Å². The summed E-state index contributed by atoms with van der Waals surface area (Å²) in [6.45, 7) is 6.75. The highest BCUT2D eigenvalue weighted by Crippen LogP contribution is 2.46. The van der Waals surface area contributed by atoms with Crippen molar-refractivity contribution in [1.82, 2.24) is 4.57 Å². The smallest absolute Gasteiger partial charge is 0.136 e. The normalized spacial score (nSPS) is 12.3. The zero-order chi connectivity index (χ0) is 41.3. The van der Waals surface area contributed by atoms with Crippen LogP contribution in [-0.2, 0) is 6.54 Å². The van der Waals surface area contributed by atoms with Gasteiger partial charge in [0, 0.05) is 79.5 Å². The molecule has 12 aromatic rings. The summed E-state index contributed by atoms with van der Waals surface area (Å²) in [7, 11) is 0. The van der Waals surface area contributed by atoms with Crippen molar-refractivity contribution in [3.63, 3.8) is 0 Å². The van der Waals surface area contributed by atoms with Crippen molar-refractivity contribution in [2.75, 3.05) is 0 Å². The number of aliphatic imine (C=N–C) groups is 1. The van der Waals surface area contributed by atoms with E-state index in [1.807, 2.05) is 35.0 Å². The fraction of sp³-hybridized carbons (Fsp3) is 0.0351. The number of furan rings is 1. The monoisotopic (exact) mass is 830 g/mol. The molecule has 12 rings (SSSR count). The van der Waals surface area contributed by atoms with Gasteiger partial charge in [-0.05, 0) is 95.4 Å². The van der Waals surface area contributed by atoms with E-state index in [0.29, 0.717) is 6.54 Å². The first-order chi connectivity index (χ1) is 30.6. The van der Waals surface area contributed by atoms with Crippen molar-refractivity contribution in [1.29, 1.82) is 0 Å². The number of hydrogen-bond acceptors (Lipinski definition) is 4. The first-order valence-electron chi connectivity index (χ1n) is 20.9. The molecule has 0 fully saturated rings. The Morgan fingerprint density at radius 2 is 1.35 bits per heavy atom. The van der Waals surface area contributed by atoms with Crippen molar-refractivity contribution in [3.05, 3.63) is 199 Å². The van der Waals surface area contributed by atoms with E-state index in [4.69, 9.17) is 9.41 Å². The van der Waals surface area contributed by atoms with E-state index in [1.165, 1.54) is 68.0 Å². The number of fused-ring (bicyclic) bond motifs is 10. The second kappa shape index (κ2) is 14.7. The lowest BCUT2D eigenvalue weighted by molar-refractivity contribution is 0.669. The van der Waals surface area contributed by atoms with Crippen LogP contribution in [0, 0.1) is 0 Å². The first kappa shape index (κ1) is 36.5. The fourth-order valence-electron chi connectivity index (χ4n) is 9.48. The lowest BCUT2D eigenvalue weighted by Gasteiger charge is -2.11. The van der Waals surface area contributed by atoms with Crippen molar-refractivity contribution in [2.24, 2.45) is 4.99 Å². The van der Waals surface area contributed by atoms with Crippen LogP contribution in [0.25, 0.3) is 113 Å². The molecule has 0 amide bonds. The van der Waals surface area contributed by atoms with Gasteiger partial charge in [-0.1, -0.05) is 128 Å². The van der Waals surface area contributed by atoms with Gasteiger partial charge in [0.25, 0.3) is 0 Å². The van der Waals surface area contributed by atoms with Gasteiger partial charge in [-0.25, -0.2) is 0 Å². The molecule has 0 aliphatic carbocycles. The Bertz CT molecular complexity index is 3830. The summed E-state index contributed by atoms with van der Waals surface area (Å²) in [5.74, 6) is 0. The van der Waals surface area contributed by atoms with E-state index in [9.17, 15) is 0 Å². The van der Waals surface area contributed by atoms with Crippen LogP contribution in [0.1, 0.15) is 29.3 Å². The maximum Gasteiger partial charge on any atom is 0.136 e. The third-order valence-electron chi connectivity index (χ3n) is 12.2. The van der Waals surface area contributed by atoms with E-state index < -0.39 is 0 Å². The molecule has 3 nitrogen and oxygen atoms in total. The number of rotatable bonds is 8. The van der Waals surface area contributed by atoms with E-state index in [1.54, 1.807) is 0 Å². The SMILES string of the molecule is C=Cc1c(/C=C\C)n(-c2cccc(CN=Cc3cccc4oc5ccc(-c6cccc7sc8c(-c9ccc%10c(c9)sc9ccccc9%10)cccc8c67)cc5c34)c2)c2ccccc12. The molecule has 0 aliphatic heterocycles. The molecule has 0 aliphatic rings. The summed E-state index contributed by atoms with van der Waals surface area (Å²) in [6.07, 6.45) is 8.22. The summed E-state index contributed by atoms with van der Waals surface area (Å²) in [5, 5.41) is 8.59. The number of thiophene rings is 2. The van der Waals surface area contributed by atoms with E-state index in [0.717, 1.165) is 55.5 Å². The Balaban J connectivity index is 0.908. The summed E-state index contributed by atoms with van der Waals surface area (Å²) in [6, 6.07) is 59.3. The van der Waals surface area contributed by atoms with E-state index in [2.05, 4.69) is 194 Å². The van der Waals surface area contributed by atoms with Gasteiger partial charge in [-0.2, -0.15) is 0 Å². The highest BCUT2D eigenvalue weighted by atomic mass is 32.1. The molecule has 0 spiro atoms. The van der Waals surface area contributed by atoms with Crippen LogP contribution >= 0.6 is 22.7 Å². The highest BCUT2D eigenvalue weighted by molar-refractivity contribution is 7.26. The number of allylic oxidation sites excluding steroid dienone is 1. The Kier molecular flexibility index (Phi) is 8.66. The average Bonchev–Trinajstić information content (AvgIpc) is 4.07. The number of benzene rings is 8. The number of nitrogens with zero attached hydrogens (tertiary/aromatic N) is 2. The maximum atomic E-state index is 6.47. The molecule has 4 aromatic heterocycles. The molecule has 294 valence electrons. The maximum absolute atomic E-state index is 6.47. The third kappa shape index (κ3) is 5.81. The molecule has 4 heterocycles. The molecule has 8 aromatic carbocycles. The van der Waals surface area contributed by atoms with Gasteiger partial charge in [0.2, 0.25) is 0 Å². The van der Waals surface area contributed by atoms with Gasteiger partial charge >= 0.3 is 0 Å². The second-order valence-corrected chi connectivity index (χ2v) is 17.9. The molecule has 0 saturated carbocycles. The number of aromatic nitrogens is 1. The van der Waals surface area contributed by atoms with Crippen molar-refractivity contribution in [3.8, 4) is 27.9 Å². The lowest BCUT2D eigenvalue weighted by atomic mass is 9.96. The molecular formula is C57H38N2OS2. The summed E-state index contributed by atoms with van der Waals surface area (Å²) >= 11 is 3.76. The topological polar surface area (TPSA) is 30.4 Å². The van der Waals surface area contributed by atoms with Gasteiger partial charge in [0.05, 0.1) is 17.8 Å². The van der Waals surface area contributed by atoms with Crippen LogP contribution in [0.5, 0.6) is 0 Å². The number of para-hydroxylation sites is 1. The molecule has 62 heavy (non-hydrogen) atoms. The molecule has 5 heteroatoms. The zero-order valence-electron chi connectivity index (χ0n) is 33.9. The molecule has 0 bridgehead atoms. The van der Waals surface area contributed by atoms with Gasteiger partial charge < -0.3 is 8.98 Å². The summed E-state index contributed by atoms with van der Waals surface area (Å²) in [5.41, 5.74) is 13.3. The minimum atomic E-state index is 0.547. The fourth-order valence-corrected chi connectivity index (χ4v) is 11.9. The molecule has 0 saturated heterocycles. The van der Waals surface area contributed by atoms with Gasteiger partial charge in [-0.15, -0.1) is 22.7 Å².